The summed E-state index contributed by atoms with van der Waals surface area (Å²) in [6.07, 6.45) is 0.255. The molecule has 0 saturated heterocycles. The van der Waals surface area contributed by atoms with Crippen molar-refractivity contribution in [3.63, 3.8) is 0 Å². The second kappa shape index (κ2) is 9.37. The highest BCUT2D eigenvalue weighted by Gasteiger charge is 2.29. The number of carbonyl (C=O) groups excluding carboxylic acids is 3. The third-order valence-corrected chi connectivity index (χ3v) is 3.87. The molecule has 2 N–H and O–H groups in total. The van der Waals surface area contributed by atoms with E-state index < -0.39 is 29.9 Å². The lowest BCUT2D eigenvalue weighted by atomic mass is 10.0. The van der Waals surface area contributed by atoms with Gasteiger partial charge in [-0.1, -0.05) is 19.9 Å². The lowest BCUT2D eigenvalue weighted by Gasteiger charge is -2.22. The maximum atomic E-state index is 12.5. The molecule has 0 radical (unpaired) electrons. The zero-order valence-corrected chi connectivity index (χ0v) is 15.8. The lowest BCUT2D eigenvalue weighted by Crippen LogP contribution is -2.47. The summed E-state index contributed by atoms with van der Waals surface area (Å²) in [5.74, 6) is -2.03. The van der Waals surface area contributed by atoms with E-state index in [1.54, 1.807) is 38.1 Å². The van der Waals surface area contributed by atoms with Crippen LogP contribution in [0.4, 0.5) is 5.69 Å². The van der Waals surface area contributed by atoms with E-state index in [1.165, 1.54) is 25.3 Å². The number of anilines is 1. The van der Waals surface area contributed by atoms with Crippen molar-refractivity contribution in [1.82, 2.24) is 5.32 Å². The molecule has 0 aliphatic carbocycles. The highest BCUT2D eigenvalue weighted by atomic mass is 16.5. The predicted octanol–water partition coefficient (Wildman–Crippen LogP) is 2.48. The van der Waals surface area contributed by atoms with Gasteiger partial charge in [-0.05, 0) is 43.2 Å². The van der Waals surface area contributed by atoms with E-state index in [1.807, 2.05) is 6.07 Å². The van der Waals surface area contributed by atoms with Crippen LogP contribution < -0.4 is 10.6 Å². The summed E-state index contributed by atoms with van der Waals surface area (Å²) in [5.41, 5.74) is 0.807. The summed E-state index contributed by atoms with van der Waals surface area (Å²) in [6, 6.07) is 10.4. The normalized spacial score (nSPS) is 12.5. The summed E-state index contributed by atoms with van der Waals surface area (Å²) in [7, 11) is 0. The topological polar surface area (TPSA) is 121 Å². The Balaban J connectivity index is 1.98. The van der Waals surface area contributed by atoms with Gasteiger partial charge in [0, 0.05) is 5.69 Å². The van der Waals surface area contributed by atoms with E-state index in [2.05, 4.69) is 10.6 Å². The van der Waals surface area contributed by atoms with Crippen LogP contribution in [-0.2, 0) is 14.3 Å². The standard InChI is InChI=1S/C20H21N3O5/c1-12(2)17(23-19(25)16-8-5-9-27-16)20(26)28-13(3)18(24)22-15-7-4-6-14(10-15)11-21/h4-10,12-13,17H,1-3H3,(H,22,24)(H,23,25)/t13-,17+/m1/s1. The van der Waals surface area contributed by atoms with Gasteiger partial charge in [0.05, 0.1) is 17.9 Å². The molecular weight excluding hydrogens is 362 g/mol. The zero-order valence-electron chi connectivity index (χ0n) is 15.8. The van der Waals surface area contributed by atoms with E-state index in [0.29, 0.717) is 11.3 Å². The Bertz CT molecular complexity index is 883. The van der Waals surface area contributed by atoms with Gasteiger partial charge in [-0.2, -0.15) is 5.26 Å². The number of ether oxygens (including phenoxy) is 1. The number of rotatable bonds is 7. The molecule has 2 aromatic rings. The van der Waals surface area contributed by atoms with Crippen LogP contribution >= 0.6 is 0 Å². The number of hydrogen-bond donors (Lipinski definition) is 2. The van der Waals surface area contributed by atoms with Gasteiger partial charge < -0.3 is 19.8 Å². The van der Waals surface area contributed by atoms with E-state index in [0.717, 1.165) is 0 Å². The third-order valence-electron chi connectivity index (χ3n) is 3.87. The monoisotopic (exact) mass is 383 g/mol. The van der Waals surface area contributed by atoms with Crippen LogP contribution in [0.5, 0.6) is 0 Å². The average Bonchev–Trinajstić information content (AvgIpc) is 3.20. The molecule has 0 fully saturated rings. The molecular formula is C20H21N3O5. The number of nitriles is 1. The molecule has 0 saturated carbocycles. The summed E-state index contributed by atoms with van der Waals surface area (Å²) < 4.78 is 10.2. The molecule has 8 nitrogen and oxygen atoms in total. The van der Waals surface area contributed by atoms with Crippen LogP contribution in [0.1, 0.15) is 36.9 Å². The van der Waals surface area contributed by atoms with Crippen LogP contribution in [0.2, 0.25) is 0 Å². The van der Waals surface area contributed by atoms with Gasteiger partial charge in [0.25, 0.3) is 11.8 Å². The summed E-state index contributed by atoms with van der Waals surface area (Å²) in [4.78, 5) is 36.9. The molecule has 0 spiro atoms. The van der Waals surface area contributed by atoms with Crippen molar-refractivity contribution in [3.05, 3.63) is 54.0 Å². The van der Waals surface area contributed by atoms with Gasteiger partial charge in [-0.25, -0.2) is 4.79 Å². The van der Waals surface area contributed by atoms with E-state index in [9.17, 15) is 14.4 Å². The van der Waals surface area contributed by atoms with Crippen molar-refractivity contribution >= 4 is 23.5 Å². The fraction of sp³-hybridized carbons (Fsp3) is 0.300. The second-order valence-electron chi connectivity index (χ2n) is 6.43. The molecule has 2 rings (SSSR count). The molecule has 2 amide bonds. The smallest absolute Gasteiger partial charge is 0.329 e. The number of amides is 2. The summed E-state index contributed by atoms with van der Waals surface area (Å²) in [6.45, 7) is 4.91. The Hall–Kier alpha value is -3.60. The highest BCUT2D eigenvalue weighted by molar-refractivity contribution is 5.97. The number of nitrogens with zero attached hydrogens (tertiary/aromatic N) is 1. The Morgan fingerprint density at radius 1 is 1.14 bits per heavy atom. The first-order valence-electron chi connectivity index (χ1n) is 8.67. The number of furan rings is 1. The molecule has 8 heteroatoms. The van der Waals surface area contributed by atoms with Gasteiger partial charge >= 0.3 is 5.97 Å². The predicted molar refractivity (Wildman–Crippen MR) is 100 cm³/mol. The first kappa shape index (κ1) is 20.7. The van der Waals surface area contributed by atoms with E-state index in [4.69, 9.17) is 14.4 Å². The van der Waals surface area contributed by atoms with Gasteiger partial charge in [-0.15, -0.1) is 0 Å². The summed E-state index contributed by atoms with van der Waals surface area (Å²) >= 11 is 0. The molecule has 146 valence electrons. The van der Waals surface area contributed by atoms with Gasteiger partial charge in [-0.3, -0.25) is 9.59 Å². The van der Waals surface area contributed by atoms with Crippen molar-refractivity contribution in [3.8, 4) is 6.07 Å². The van der Waals surface area contributed by atoms with Gasteiger partial charge in [0.2, 0.25) is 0 Å². The van der Waals surface area contributed by atoms with Crippen LogP contribution in [-0.4, -0.2) is 29.9 Å². The van der Waals surface area contributed by atoms with Crippen LogP contribution in [0.3, 0.4) is 0 Å². The molecule has 0 aliphatic heterocycles. The Labute approximate surface area is 162 Å². The van der Waals surface area contributed by atoms with Crippen molar-refractivity contribution in [2.75, 3.05) is 5.32 Å². The molecule has 0 unspecified atom stereocenters. The third kappa shape index (κ3) is 5.45. The Morgan fingerprint density at radius 3 is 2.50 bits per heavy atom. The number of carbonyl (C=O) groups is 3. The largest absolute Gasteiger partial charge is 0.459 e. The molecule has 0 bridgehead atoms. The first-order valence-corrected chi connectivity index (χ1v) is 8.67. The van der Waals surface area contributed by atoms with Crippen LogP contribution in [0.25, 0.3) is 0 Å². The minimum atomic E-state index is -1.10. The number of hydrogen-bond acceptors (Lipinski definition) is 6. The lowest BCUT2D eigenvalue weighted by molar-refractivity contribution is -0.156. The van der Waals surface area contributed by atoms with Crippen LogP contribution in [0, 0.1) is 17.2 Å². The Morgan fingerprint density at radius 2 is 1.89 bits per heavy atom. The molecule has 0 aliphatic rings. The Kier molecular flexibility index (Phi) is 6.93. The maximum Gasteiger partial charge on any atom is 0.329 e. The van der Waals surface area contributed by atoms with Crippen molar-refractivity contribution < 1.29 is 23.5 Å². The minimum absolute atomic E-state index is 0.0709. The quantitative estimate of drug-likeness (QED) is 0.709. The molecule has 2 atom stereocenters. The van der Waals surface area contributed by atoms with E-state index in [-0.39, 0.29) is 11.7 Å². The summed E-state index contributed by atoms with van der Waals surface area (Å²) in [5, 5.41) is 14.0. The SMILES string of the molecule is CC(C)[C@H](NC(=O)c1ccco1)C(=O)O[C@H](C)C(=O)Nc1cccc(C#N)c1. The molecule has 1 aromatic carbocycles. The van der Waals surface area contributed by atoms with Gasteiger partial charge in [0.15, 0.2) is 11.9 Å². The number of esters is 1. The first-order chi connectivity index (χ1) is 13.3. The van der Waals surface area contributed by atoms with Crippen molar-refractivity contribution in [2.24, 2.45) is 5.92 Å². The molecule has 1 heterocycles. The fourth-order valence-corrected chi connectivity index (χ4v) is 2.33. The number of benzene rings is 1. The molecule has 1 aromatic heterocycles. The van der Waals surface area contributed by atoms with Crippen molar-refractivity contribution in [2.45, 2.75) is 32.9 Å². The minimum Gasteiger partial charge on any atom is -0.459 e. The number of nitrogens with one attached hydrogen (secondary N) is 2. The van der Waals surface area contributed by atoms with E-state index >= 15 is 0 Å². The highest BCUT2D eigenvalue weighted by Crippen LogP contribution is 2.12. The molecule has 28 heavy (non-hydrogen) atoms. The maximum absolute atomic E-state index is 12.5. The second-order valence-corrected chi connectivity index (χ2v) is 6.43. The average molecular weight is 383 g/mol. The van der Waals surface area contributed by atoms with Crippen LogP contribution in [0.15, 0.2) is 47.1 Å². The fourth-order valence-electron chi connectivity index (χ4n) is 2.33. The van der Waals surface area contributed by atoms with Crippen molar-refractivity contribution in [1.29, 1.82) is 5.26 Å². The van der Waals surface area contributed by atoms with Gasteiger partial charge in [0.1, 0.15) is 6.04 Å². The zero-order chi connectivity index (χ0) is 20.7.